The third-order valence-corrected chi connectivity index (χ3v) is 2.98. The van der Waals surface area contributed by atoms with Crippen molar-refractivity contribution in [2.24, 2.45) is 5.73 Å². The number of hydrogen-bond acceptors (Lipinski definition) is 4. The predicted octanol–water partition coefficient (Wildman–Crippen LogP) is -0.436. The number of ether oxygens (including phenoxy) is 1. The molecule has 0 spiro atoms. The molecule has 3 N–H and O–H groups in total. The highest BCUT2D eigenvalue weighted by Crippen LogP contribution is 2.13. The molecule has 1 unspecified atom stereocenters. The van der Waals surface area contributed by atoms with E-state index in [4.69, 9.17) is 10.5 Å². The lowest BCUT2D eigenvalue weighted by Crippen LogP contribution is -2.36. The van der Waals surface area contributed by atoms with Gasteiger partial charge in [-0.25, -0.2) is 4.79 Å². The minimum Gasteiger partial charge on any atom is -0.376 e. The van der Waals surface area contributed by atoms with Gasteiger partial charge in [0.2, 0.25) is 0 Å². The van der Waals surface area contributed by atoms with Gasteiger partial charge < -0.3 is 10.5 Å². The minimum atomic E-state index is -0.404. The normalized spacial score (nSPS) is 20.4. The maximum atomic E-state index is 11.6. The van der Waals surface area contributed by atoms with E-state index in [1.807, 2.05) is 0 Å². The molecule has 94 valence electrons. The molecule has 1 aromatic heterocycles. The summed E-state index contributed by atoms with van der Waals surface area (Å²) in [6, 6.07) is 0. The standard InChI is InChI=1S/C11H17N3O3/c12-5-8-6-14(11(16)13-10(8)15)7-9-3-1-2-4-17-9/h6,9H,1-5,7,12H2,(H,13,15,16). The third kappa shape index (κ3) is 2.83. The topological polar surface area (TPSA) is 90.1 Å². The van der Waals surface area contributed by atoms with Crippen molar-refractivity contribution in [2.45, 2.75) is 38.5 Å². The molecule has 0 aliphatic carbocycles. The Hall–Kier alpha value is -1.40. The van der Waals surface area contributed by atoms with Gasteiger partial charge in [-0.05, 0) is 19.3 Å². The van der Waals surface area contributed by atoms with Crippen molar-refractivity contribution in [1.29, 1.82) is 0 Å². The van der Waals surface area contributed by atoms with Crippen molar-refractivity contribution in [3.05, 3.63) is 32.6 Å². The van der Waals surface area contributed by atoms with Crippen LogP contribution in [0, 0.1) is 0 Å². The number of aromatic nitrogens is 2. The largest absolute Gasteiger partial charge is 0.376 e. The van der Waals surface area contributed by atoms with Crippen LogP contribution < -0.4 is 17.0 Å². The number of rotatable bonds is 3. The predicted molar refractivity (Wildman–Crippen MR) is 62.8 cm³/mol. The van der Waals surface area contributed by atoms with Crippen LogP contribution in [0.15, 0.2) is 15.8 Å². The molecule has 0 aromatic carbocycles. The molecular formula is C11H17N3O3. The van der Waals surface area contributed by atoms with E-state index in [9.17, 15) is 9.59 Å². The Balaban J connectivity index is 2.19. The van der Waals surface area contributed by atoms with Crippen LogP contribution in [0.25, 0.3) is 0 Å². The van der Waals surface area contributed by atoms with Crippen LogP contribution in [0.3, 0.4) is 0 Å². The fourth-order valence-electron chi connectivity index (χ4n) is 2.01. The van der Waals surface area contributed by atoms with Crippen LogP contribution in [0.5, 0.6) is 0 Å². The van der Waals surface area contributed by atoms with Crippen molar-refractivity contribution >= 4 is 0 Å². The van der Waals surface area contributed by atoms with Gasteiger partial charge in [0.1, 0.15) is 0 Å². The van der Waals surface area contributed by atoms with Crippen molar-refractivity contribution in [3.8, 4) is 0 Å². The van der Waals surface area contributed by atoms with Crippen molar-refractivity contribution in [2.75, 3.05) is 6.61 Å². The van der Waals surface area contributed by atoms with Crippen LogP contribution in [-0.2, 0) is 17.8 Å². The molecule has 1 aliphatic heterocycles. The van der Waals surface area contributed by atoms with Crippen molar-refractivity contribution in [1.82, 2.24) is 9.55 Å². The van der Waals surface area contributed by atoms with E-state index in [0.717, 1.165) is 25.9 Å². The molecule has 6 heteroatoms. The molecule has 0 radical (unpaired) electrons. The van der Waals surface area contributed by atoms with E-state index in [1.165, 1.54) is 10.8 Å². The quantitative estimate of drug-likeness (QED) is 0.748. The van der Waals surface area contributed by atoms with E-state index in [2.05, 4.69) is 4.98 Å². The highest BCUT2D eigenvalue weighted by atomic mass is 16.5. The number of aromatic amines is 1. The average Bonchev–Trinajstić information content (AvgIpc) is 2.34. The Morgan fingerprint density at radius 3 is 2.94 bits per heavy atom. The summed E-state index contributed by atoms with van der Waals surface area (Å²) in [6.45, 7) is 1.34. The Kier molecular flexibility index (Phi) is 3.75. The van der Waals surface area contributed by atoms with Gasteiger partial charge in [0, 0.05) is 24.9 Å². The first-order chi connectivity index (χ1) is 8.20. The lowest BCUT2D eigenvalue weighted by atomic mass is 10.1. The molecule has 0 amide bonds. The van der Waals surface area contributed by atoms with Crippen LogP contribution in [-0.4, -0.2) is 22.3 Å². The maximum Gasteiger partial charge on any atom is 0.328 e. The van der Waals surface area contributed by atoms with E-state index in [0.29, 0.717) is 12.1 Å². The Morgan fingerprint density at radius 1 is 1.47 bits per heavy atom. The smallest absolute Gasteiger partial charge is 0.328 e. The zero-order valence-corrected chi connectivity index (χ0v) is 9.65. The summed E-state index contributed by atoms with van der Waals surface area (Å²) < 4.78 is 7.03. The maximum absolute atomic E-state index is 11.6. The van der Waals surface area contributed by atoms with Gasteiger partial charge >= 0.3 is 5.69 Å². The highest BCUT2D eigenvalue weighted by Gasteiger charge is 2.15. The van der Waals surface area contributed by atoms with Crippen LogP contribution in [0.4, 0.5) is 0 Å². The summed E-state index contributed by atoms with van der Waals surface area (Å²) in [5, 5.41) is 0. The first kappa shape index (κ1) is 12.1. The summed E-state index contributed by atoms with van der Waals surface area (Å²) in [4.78, 5) is 25.2. The SMILES string of the molecule is NCc1cn(CC2CCCCO2)c(=O)[nH]c1=O. The van der Waals surface area contributed by atoms with Gasteiger partial charge in [-0.3, -0.25) is 14.3 Å². The first-order valence-corrected chi connectivity index (χ1v) is 5.85. The van der Waals surface area contributed by atoms with Gasteiger partial charge in [-0.1, -0.05) is 0 Å². The summed E-state index contributed by atoms with van der Waals surface area (Å²) >= 11 is 0. The summed E-state index contributed by atoms with van der Waals surface area (Å²) in [5.74, 6) is 0. The molecule has 1 saturated heterocycles. The Labute approximate surface area is 98.4 Å². The molecule has 0 bridgehead atoms. The molecule has 1 aromatic rings. The highest BCUT2D eigenvalue weighted by molar-refractivity contribution is 5.03. The molecule has 6 nitrogen and oxygen atoms in total. The molecule has 2 heterocycles. The summed E-state index contributed by atoms with van der Waals surface area (Å²) in [5.41, 5.74) is 5.05. The number of nitrogens with zero attached hydrogens (tertiary/aromatic N) is 1. The third-order valence-electron chi connectivity index (χ3n) is 2.98. The van der Waals surface area contributed by atoms with Crippen LogP contribution in [0.2, 0.25) is 0 Å². The van der Waals surface area contributed by atoms with E-state index < -0.39 is 11.2 Å². The number of nitrogens with two attached hydrogens (primary N) is 1. The molecule has 2 rings (SSSR count). The second-order valence-electron chi connectivity index (χ2n) is 4.26. The molecule has 0 saturated carbocycles. The average molecular weight is 239 g/mol. The van der Waals surface area contributed by atoms with Crippen molar-refractivity contribution in [3.63, 3.8) is 0 Å². The second kappa shape index (κ2) is 5.29. The minimum absolute atomic E-state index is 0.0537. The van der Waals surface area contributed by atoms with Gasteiger partial charge in [-0.2, -0.15) is 0 Å². The molecule has 1 fully saturated rings. The lowest BCUT2D eigenvalue weighted by molar-refractivity contribution is 0.00515. The zero-order chi connectivity index (χ0) is 12.3. The summed E-state index contributed by atoms with van der Waals surface area (Å²) in [6.07, 6.45) is 4.72. The van der Waals surface area contributed by atoms with Crippen LogP contribution >= 0.6 is 0 Å². The fourth-order valence-corrected chi connectivity index (χ4v) is 2.01. The summed E-state index contributed by atoms with van der Waals surface area (Å²) in [7, 11) is 0. The Bertz CT molecular complexity index is 485. The Morgan fingerprint density at radius 2 is 2.29 bits per heavy atom. The first-order valence-electron chi connectivity index (χ1n) is 5.85. The zero-order valence-electron chi connectivity index (χ0n) is 9.65. The lowest BCUT2D eigenvalue weighted by Gasteiger charge is -2.23. The molecule has 17 heavy (non-hydrogen) atoms. The van der Waals surface area contributed by atoms with Gasteiger partial charge in [0.05, 0.1) is 12.6 Å². The van der Waals surface area contributed by atoms with Gasteiger partial charge in [0.15, 0.2) is 0 Å². The molecule has 1 atom stereocenters. The number of hydrogen-bond donors (Lipinski definition) is 2. The molecular weight excluding hydrogens is 222 g/mol. The molecule has 1 aliphatic rings. The monoisotopic (exact) mass is 239 g/mol. The van der Waals surface area contributed by atoms with Gasteiger partial charge in [0.25, 0.3) is 5.56 Å². The van der Waals surface area contributed by atoms with Gasteiger partial charge in [-0.15, -0.1) is 0 Å². The van der Waals surface area contributed by atoms with Crippen molar-refractivity contribution < 1.29 is 4.74 Å². The number of nitrogens with one attached hydrogen (secondary N) is 1. The number of H-pyrrole nitrogens is 1. The second-order valence-corrected chi connectivity index (χ2v) is 4.26. The van der Waals surface area contributed by atoms with E-state index in [1.54, 1.807) is 0 Å². The fraction of sp³-hybridized carbons (Fsp3) is 0.636. The van der Waals surface area contributed by atoms with Crippen LogP contribution in [0.1, 0.15) is 24.8 Å². The van der Waals surface area contributed by atoms with E-state index >= 15 is 0 Å². The van der Waals surface area contributed by atoms with E-state index in [-0.39, 0.29) is 12.6 Å².